The number of aryl methyl sites for hydroxylation is 4. The molecule has 4 aromatic carbocycles. The molecule has 2 atom stereocenters. The van der Waals surface area contributed by atoms with E-state index >= 15 is 0 Å². The van der Waals surface area contributed by atoms with Crippen molar-refractivity contribution in [3.63, 3.8) is 0 Å². The van der Waals surface area contributed by atoms with Gasteiger partial charge in [0.25, 0.3) is 5.91 Å². The number of halogens is 2. The number of pyridine rings is 2. The number of furan rings is 2. The number of benzene rings is 4. The van der Waals surface area contributed by atoms with Crippen molar-refractivity contribution in [3.8, 4) is 22.3 Å². The van der Waals surface area contributed by atoms with Crippen LogP contribution in [0.4, 0.5) is 11.6 Å². The van der Waals surface area contributed by atoms with Crippen LogP contribution in [0, 0.1) is 13.8 Å². The number of carboxylic acids is 1. The molecule has 0 radical (unpaired) electrons. The average Bonchev–Trinajstić information content (AvgIpc) is 4.26. The van der Waals surface area contributed by atoms with Crippen molar-refractivity contribution in [3.05, 3.63) is 179 Å². The summed E-state index contributed by atoms with van der Waals surface area (Å²) >= 11 is 11.8. The summed E-state index contributed by atoms with van der Waals surface area (Å²) in [6.07, 6.45) is 13.5. The van der Waals surface area contributed by atoms with Gasteiger partial charge in [-0.15, -0.1) is 23.2 Å². The number of aromatic nitrogens is 2. The van der Waals surface area contributed by atoms with Gasteiger partial charge in [-0.1, -0.05) is 31.7 Å². The number of hydrogen-bond donors (Lipinski definition) is 4. The van der Waals surface area contributed by atoms with E-state index in [0.29, 0.717) is 61.3 Å². The van der Waals surface area contributed by atoms with Gasteiger partial charge in [0.1, 0.15) is 34.3 Å². The van der Waals surface area contributed by atoms with Crippen LogP contribution in [0.3, 0.4) is 0 Å². The minimum atomic E-state index is -0.947. The molecule has 8 aromatic rings. The first-order valence-corrected chi connectivity index (χ1v) is 25.6. The first-order chi connectivity index (χ1) is 36.1. The molecule has 76 heavy (non-hydrogen) atoms. The molecule has 6 N–H and O–H groups in total. The molecule has 10 rings (SSSR count). The molecule has 6 heterocycles. The van der Waals surface area contributed by atoms with E-state index < -0.39 is 5.97 Å². The first kappa shape index (κ1) is 55.9. The fraction of sp³-hybridized carbons (Fsp3) is 0.246. The minimum Gasteiger partial charge on any atom is -0.478 e. The number of allylic oxidation sites excluding steroid dienone is 2. The number of nitrogens with one attached hydrogen (secondary N) is 1. The molecule has 0 aliphatic carbocycles. The summed E-state index contributed by atoms with van der Waals surface area (Å²) in [5, 5.41) is 14.6. The zero-order valence-corrected chi connectivity index (χ0v) is 43.2. The number of anilines is 2. The van der Waals surface area contributed by atoms with Gasteiger partial charge in [0.2, 0.25) is 0 Å². The van der Waals surface area contributed by atoms with Gasteiger partial charge >= 0.3 is 5.97 Å². The average molecular weight is 1060 g/mol. The molecule has 4 aromatic heterocycles. The quantitative estimate of drug-likeness (QED) is 0.0592. The van der Waals surface area contributed by atoms with E-state index in [1.54, 1.807) is 79.2 Å². The SMILES string of the molecule is C.Cc1cc(-c2ccc(C(=O)N3CC[C@H](Cl)C3)cc2)cc2cc(CCC(=O)/C=C/c3ccc(N)nc3)oc12.Cc1cc(-c2ccc(C(=O)O)cc2)cc2cc(CCC(=O)/C=C/c3ccc(N)nc3)oc12.Cl[C@H]1CCNC1. The van der Waals surface area contributed by atoms with Crippen LogP contribution in [-0.2, 0) is 22.4 Å². The maximum Gasteiger partial charge on any atom is 0.335 e. The van der Waals surface area contributed by atoms with Crippen LogP contribution in [0.25, 0.3) is 56.3 Å². The highest BCUT2D eigenvalue weighted by molar-refractivity contribution is 6.21. The molecule has 0 saturated carbocycles. The lowest BCUT2D eigenvalue weighted by Crippen LogP contribution is -2.28. The van der Waals surface area contributed by atoms with E-state index in [1.165, 1.54) is 0 Å². The largest absolute Gasteiger partial charge is 0.478 e. The van der Waals surface area contributed by atoms with Crippen LogP contribution in [0.5, 0.6) is 0 Å². The molecule has 0 bridgehead atoms. The summed E-state index contributed by atoms with van der Waals surface area (Å²) in [4.78, 5) is 58.2. The number of nitrogens with two attached hydrogens (primary N) is 2. The minimum absolute atomic E-state index is 0. The van der Waals surface area contributed by atoms with Crippen LogP contribution >= 0.6 is 23.2 Å². The molecule has 15 heteroatoms. The van der Waals surface area contributed by atoms with Crippen LogP contribution in [0.1, 0.15) is 87.6 Å². The monoisotopic (exact) mass is 1060 g/mol. The maximum absolute atomic E-state index is 12.7. The second-order valence-corrected chi connectivity index (χ2v) is 19.9. The van der Waals surface area contributed by atoms with E-state index in [-0.39, 0.29) is 35.8 Å². The van der Waals surface area contributed by atoms with Crippen LogP contribution < -0.4 is 16.8 Å². The molecule has 1 amide bonds. The predicted molar refractivity (Wildman–Crippen MR) is 306 cm³/mol. The molecule has 0 unspecified atom stereocenters. The molecule has 2 saturated heterocycles. The lowest BCUT2D eigenvalue weighted by atomic mass is 10.00. The van der Waals surface area contributed by atoms with Crippen LogP contribution in [0.15, 0.2) is 143 Å². The molecular formula is C61H62Cl2N6O7. The number of rotatable bonds is 14. The van der Waals surface area contributed by atoms with E-state index in [0.717, 1.165) is 104 Å². The van der Waals surface area contributed by atoms with Crippen molar-refractivity contribution in [2.75, 3.05) is 37.6 Å². The number of fused-ring (bicyclic) bond motifs is 2. The number of aromatic carboxylic acids is 1. The third-order valence-electron chi connectivity index (χ3n) is 12.8. The van der Waals surface area contributed by atoms with Gasteiger partial charge in [-0.25, -0.2) is 14.8 Å². The Kier molecular flexibility index (Phi) is 19.2. The third kappa shape index (κ3) is 15.2. The Labute approximate surface area is 452 Å². The second-order valence-electron chi connectivity index (χ2n) is 18.7. The summed E-state index contributed by atoms with van der Waals surface area (Å²) in [6.45, 7) is 7.40. The van der Waals surface area contributed by atoms with Crippen LogP contribution in [0.2, 0.25) is 0 Å². The highest BCUT2D eigenvalue weighted by atomic mass is 35.5. The molecular weight excluding hydrogens is 1000 g/mol. The smallest absolute Gasteiger partial charge is 0.335 e. The Hall–Kier alpha value is -7.84. The van der Waals surface area contributed by atoms with E-state index in [1.807, 2.05) is 73.3 Å². The Balaban J connectivity index is 0.000000198. The number of nitrogens with zero attached hydrogens (tertiary/aromatic N) is 3. The number of alkyl halides is 2. The number of nitrogen functional groups attached to an aromatic ring is 2. The number of amides is 1. The van der Waals surface area contributed by atoms with Gasteiger partial charge in [-0.05, 0) is 187 Å². The zero-order chi connectivity index (χ0) is 53.0. The lowest BCUT2D eigenvalue weighted by molar-refractivity contribution is -0.115. The first-order valence-electron chi connectivity index (χ1n) is 24.8. The van der Waals surface area contributed by atoms with Crippen molar-refractivity contribution >= 4 is 92.4 Å². The zero-order valence-electron chi connectivity index (χ0n) is 41.7. The standard InChI is InChI=1S/C30H28ClN3O3.C26H22N2O4.C4H8ClN.CH4/c1-19-14-23(21-4-6-22(7-5-21)30(36)34-13-12-25(31)18-34)15-24-16-27(37-29(19)24)10-9-26(35)8-2-20-3-11-28(32)33-17-20;1-16-12-20(18-4-6-19(7-5-18)26(30)31)13-21-14-23(32-25(16)21)10-9-22(29)8-2-17-3-11-24(27)28-15-17;5-4-1-2-6-3-4;/h2-8,11,14-17,25H,9-10,12-13,18H2,1H3,(H2,32,33);2-8,11-15H,9-10H2,1H3,(H2,27,28)(H,30,31);4,6H,1-3H2;1H4/b2*8-2+;;/t25-;;4-;/m0.0./s1. The highest BCUT2D eigenvalue weighted by Gasteiger charge is 2.25. The summed E-state index contributed by atoms with van der Waals surface area (Å²) in [5.41, 5.74) is 21.3. The molecule has 0 spiro atoms. The molecule has 392 valence electrons. The number of carbonyl (C=O) groups is 4. The molecule has 2 aliphatic heterocycles. The molecule has 13 nitrogen and oxygen atoms in total. The van der Waals surface area contributed by atoms with E-state index in [2.05, 4.69) is 27.4 Å². The van der Waals surface area contributed by atoms with Crippen molar-refractivity contribution in [2.24, 2.45) is 0 Å². The molecule has 2 aliphatic rings. The molecule has 2 fully saturated rings. The fourth-order valence-corrected chi connectivity index (χ4v) is 9.21. The lowest BCUT2D eigenvalue weighted by Gasteiger charge is -2.15. The van der Waals surface area contributed by atoms with Gasteiger partial charge in [0, 0.05) is 79.4 Å². The number of ketones is 2. The summed E-state index contributed by atoms with van der Waals surface area (Å²) in [5.74, 6) is 1.49. The number of hydrogen-bond acceptors (Lipinski definition) is 11. The maximum atomic E-state index is 12.7. The Morgan fingerprint density at radius 1 is 0.658 bits per heavy atom. The van der Waals surface area contributed by atoms with Gasteiger partial charge < -0.3 is 35.6 Å². The summed E-state index contributed by atoms with van der Waals surface area (Å²) < 4.78 is 12.1. The van der Waals surface area contributed by atoms with Crippen molar-refractivity contribution in [1.29, 1.82) is 0 Å². The van der Waals surface area contributed by atoms with Gasteiger partial charge in [-0.2, -0.15) is 0 Å². The Bertz CT molecular complexity index is 3360. The van der Waals surface area contributed by atoms with E-state index in [9.17, 15) is 19.2 Å². The van der Waals surface area contributed by atoms with Crippen LogP contribution in [-0.4, -0.2) is 80.4 Å². The van der Waals surface area contributed by atoms with Crippen molar-refractivity contribution in [2.45, 2.75) is 70.6 Å². The normalized spacial score (nSPS) is 15.1. The highest BCUT2D eigenvalue weighted by Crippen LogP contribution is 2.33. The van der Waals surface area contributed by atoms with Gasteiger partial charge in [0.15, 0.2) is 11.6 Å². The number of likely N-dealkylation sites (tertiary alicyclic amines) is 1. The summed E-state index contributed by atoms with van der Waals surface area (Å²) in [6, 6.07) is 33.7. The summed E-state index contributed by atoms with van der Waals surface area (Å²) in [7, 11) is 0. The van der Waals surface area contributed by atoms with Crippen molar-refractivity contribution in [1.82, 2.24) is 20.2 Å². The predicted octanol–water partition coefficient (Wildman–Crippen LogP) is 12.6. The van der Waals surface area contributed by atoms with Crippen molar-refractivity contribution < 1.29 is 33.1 Å². The fourth-order valence-electron chi connectivity index (χ4n) is 8.73. The Morgan fingerprint density at radius 2 is 1.14 bits per heavy atom. The number of carbonyl (C=O) groups excluding carboxylic acids is 3. The second kappa shape index (κ2) is 26.1. The van der Waals surface area contributed by atoms with Gasteiger partial charge in [0.05, 0.1) is 10.9 Å². The topological polar surface area (TPSA) is 208 Å². The third-order valence-corrected chi connectivity index (χ3v) is 13.6. The number of carboxylic acid groups (broad SMARTS) is 1. The van der Waals surface area contributed by atoms with Gasteiger partial charge in [-0.3, -0.25) is 14.4 Å². The Morgan fingerprint density at radius 3 is 1.53 bits per heavy atom. The van der Waals surface area contributed by atoms with E-state index in [4.69, 9.17) is 48.6 Å².